The average molecular weight is 227 g/mol. The molecular formula is C13H9NO3. The van der Waals surface area contributed by atoms with Gasteiger partial charge in [-0.25, -0.2) is 4.79 Å². The van der Waals surface area contributed by atoms with Gasteiger partial charge in [0.1, 0.15) is 12.0 Å². The molecule has 0 bridgehead atoms. The first-order valence-corrected chi connectivity index (χ1v) is 4.97. The maximum atomic E-state index is 11.6. The van der Waals surface area contributed by atoms with Crippen LogP contribution in [0.1, 0.15) is 20.7 Å². The second kappa shape index (κ2) is 5.03. The first-order chi connectivity index (χ1) is 8.29. The van der Waals surface area contributed by atoms with Crippen molar-refractivity contribution in [3.05, 3.63) is 59.9 Å². The lowest BCUT2D eigenvalue weighted by atomic mass is 10.2. The van der Waals surface area contributed by atoms with Gasteiger partial charge in [0.2, 0.25) is 0 Å². The number of benzene rings is 1. The van der Waals surface area contributed by atoms with Gasteiger partial charge in [-0.15, -0.1) is 0 Å². The summed E-state index contributed by atoms with van der Waals surface area (Å²) in [5.74, 6) is -0.0522. The van der Waals surface area contributed by atoms with Crippen LogP contribution in [0.4, 0.5) is 0 Å². The van der Waals surface area contributed by atoms with Crippen LogP contribution in [0.2, 0.25) is 0 Å². The standard InChI is InChI=1S/C13H9NO3/c15-9-10-1-3-12(4-2-10)17-13(16)11-5-7-14-8-6-11/h1-9H. The summed E-state index contributed by atoms with van der Waals surface area (Å²) in [6.45, 7) is 0. The fourth-order valence-corrected chi connectivity index (χ4v) is 1.27. The molecule has 0 aliphatic heterocycles. The predicted octanol–water partition coefficient (Wildman–Crippen LogP) is 2.11. The molecule has 1 aromatic heterocycles. The molecule has 2 aromatic rings. The summed E-state index contributed by atoms with van der Waals surface area (Å²) in [5, 5.41) is 0. The maximum Gasteiger partial charge on any atom is 0.343 e. The predicted molar refractivity (Wildman–Crippen MR) is 61.0 cm³/mol. The Bertz CT molecular complexity index is 520. The number of ether oxygens (including phenoxy) is 1. The Hall–Kier alpha value is -2.49. The third-order valence-corrected chi connectivity index (χ3v) is 2.14. The van der Waals surface area contributed by atoms with Gasteiger partial charge in [0.05, 0.1) is 5.56 Å². The average Bonchev–Trinajstić information content (AvgIpc) is 2.40. The van der Waals surface area contributed by atoms with Crippen LogP contribution in [0.3, 0.4) is 0 Å². The normalized spacial score (nSPS) is 9.65. The van der Waals surface area contributed by atoms with Gasteiger partial charge in [0, 0.05) is 18.0 Å². The van der Waals surface area contributed by atoms with Crippen molar-refractivity contribution in [2.45, 2.75) is 0 Å². The number of hydrogen-bond acceptors (Lipinski definition) is 4. The van der Waals surface area contributed by atoms with Crippen molar-refractivity contribution in [1.82, 2.24) is 4.98 Å². The Morgan fingerprint density at radius 2 is 1.71 bits per heavy atom. The molecule has 4 heteroatoms. The van der Waals surface area contributed by atoms with E-state index >= 15 is 0 Å². The molecule has 0 fully saturated rings. The van der Waals surface area contributed by atoms with Gasteiger partial charge < -0.3 is 4.74 Å². The van der Waals surface area contributed by atoms with Crippen LogP contribution in [0.5, 0.6) is 5.75 Å². The lowest BCUT2D eigenvalue weighted by molar-refractivity contribution is 0.0734. The zero-order valence-electron chi connectivity index (χ0n) is 8.87. The molecule has 4 nitrogen and oxygen atoms in total. The lowest BCUT2D eigenvalue weighted by Gasteiger charge is -2.03. The zero-order valence-corrected chi connectivity index (χ0v) is 8.87. The molecule has 2 rings (SSSR count). The van der Waals surface area contributed by atoms with E-state index in [0.717, 1.165) is 6.29 Å². The van der Waals surface area contributed by atoms with E-state index in [1.165, 1.54) is 12.4 Å². The summed E-state index contributed by atoms with van der Waals surface area (Å²) in [5.41, 5.74) is 0.966. The van der Waals surface area contributed by atoms with Gasteiger partial charge in [0.25, 0.3) is 0 Å². The molecule has 0 unspecified atom stereocenters. The van der Waals surface area contributed by atoms with Gasteiger partial charge in [-0.2, -0.15) is 0 Å². The number of rotatable bonds is 3. The van der Waals surface area contributed by atoms with E-state index in [1.54, 1.807) is 36.4 Å². The minimum absolute atomic E-state index is 0.400. The monoisotopic (exact) mass is 227 g/mol. The van der Waals surface area contributed by atoms with Crippen LogP contribution in [0.25, 0.3) is 0 Å². The lowest BCUT2D eigenvalue weighted by Crippen LogP contribution is -2.08. The molecule has 1 heterocycles. The van der Waals surface area contributed by atoms with Gasteiger partial charge in [-0.1, -0.05) is 0 Å². The van der Waals surface area contributed by atoms with Gasteiger partial charge in [-0.05, 0) is 36.4 Å². The van der Waals surface area contributed by atoms with Crippen LogP contribution >= 0.6 is 0 Å². The fraction of sp³-hybridized carbons (Fsp3) is 0. The largest absolute Gasteiger partial charge is 0.423 e. The van der Waals surface area contributed by atoms with Crippen LogP contribution in [-0.2, 0) is 0 Å². The quantitative estimate of drug-likeness (QED) is 0.458. The maximum absolute atomic E-state index is 11.6. The third kappa shape index (κ3) is 2.75. The van der Waals surface area contributed by atoms with E-state index in [0.29, 0.717) is 16.9 Å². The number of esters is 1. The van der Waals surface area contributed by atoms with Crippen LogP contribution in [0.15, 0.2) is 48.8 Å². The van der Waals surface area contributed by atoms with Crippen molar-refractivity contribution < 1.29 is 14.3 Å². The first-order valence-electron chi connectivity index (χ1n) is 4.97. The summed E-state index contributed by atoms with van der Waals surface area (Å²) < 4.78 is 5.12. The Labute approximate surface area is 97.9 Å². The molecule has 0 amide bonds. The van der Waals surface area contributed by atoms with Gasteiger partial charge in [0.15, 0.2) is 0 Å². The molecule has 0 aliphatic carbocycles. The van der Waals surface area contributed by atoms with E-state index in [1.807, 2.05) is 0 Å². The Kier molecular flexibility index (Phi) is 3.25. The molecule has 84 valence electrons. The highest BCUT2D eigenvalue weighted by Gasteiger charge is 2.07. The molecule has 0 saturated heterocycles. The number of nitrogens with zero attached hydrogens (tertiary/aromatic N) is 1. The number of hydrogen-bond donors (Lipinski definition) is 0. The van der Waals surface area contributed by atoms with E-state index in [9.17, 15) is 9.59 Å². The Morgan fingerprint density at radius 1 is 1.06 bits per heavy atom. The van der Waals surface area contributed by atoms with Crippen molar-refractivity contribution in [1.29, 1.82) is 0 Å². The smallest absolute Gasteiger partial charge is 0.343 e. The molecule has 0 radical (unpaired) electrons. The summed E-state index contributed by atoms with van der Waals surface area (Å²) in [6, 6.07) is 9.46. The van der Waals surface area contributed by atoms with Crippen LogP contribution < -0.4 is 4.74 Å². The number of carbonyl (C=O) groups is 2. The van der Waals surface area contributed by atoms with Crippen molar-refractivity contribution >= 4 is 12.3 Å². The highest BCUT2D eigenvalue weighted by molar-refractivity contribution is 5.90. The Morgan fingerprint density at radius 3 is 2.29 bits per heavy atom. The van der Waals surface area contributed by atoms with E-state index in [4.69, 9.17) is 4.74 Å². The van der Waals surface area contributed by atoms with E-state index < -0.39 is 5.97 Å². The number of carbonyl (C=O) groups excluding carboxylic acids is 2. The van der Waals surface area contributed by atoms with Crippen molar-refractivity contribution in [2.75, 3.05) is 0 Å². The first kappa shape index (κ1) is 11.0. The van der Waals surface area contributed by atoms with E-state index in [2.05, 4.69) is 4.98 Å². The summed E-state index contributed by atoms with van der Waals surface area (Å²) >= 11 is 0. The van der Waals surface area contributed by atoms with Crippen molar-refractivity contribution in [3.63, 3.8) is 0 Å². The fourth-order valence-electron chi connectivity index (χ4n) is 1.27. The molecule has 1 aromatic carbocycles. The molecule has 17 heavy (non-hydrogen) atoms. The zero-order chi connectivity index (χ0) is 12.1. The molecule has 0 N–H and O–H groups in total. The highest BCUT2D eigenvalue weighted by Crippen LogP contribution is 2.13. The van der Waals surface area contributed by atoms with Crippen molar-refractivity contribution in [2.24, 2.45) is 0 Å². The molecule has 0 aliphatic rings. The van der Waals surface area contributed by atoms with Crippen molar-refractivity contribution in [3.8, 4) is 5.75 Å². The number of aldehydes is 1. The third-order valence-electron chi connectivity index (χ3n) is 2.14. The summed E-state index contributed by atoms with van der Waals surface area (Å²) in [7, 11) is 0. The summed E-state index contributed by atoms with van der Waals surface area (Å²) in [4.78, 5) is 25.9. The minimum atomic E-state index is -0.453. The molecule has 0 spiro atoms. The summed E-state index contributed by atoms with van der Waals surface area (Å²) in [6.07, 6.45) is 3.77. The minimum Gasteiger partial charge on any atom is -0.423 e. The van der Waals surface area contributed by atoms with Crippen LogP contribution in [-0.4, -0.2) is 17.2 Å². The highest BCUT2D eigenvalue weighted by atomic mass is 16.5. The molecule has 0 atom stereocenters. The van der Waals surface area contributed by atoms with Crippen LogP contribution in [0, 0.1) is 0 Å². The van der Waals surface area contributed by atoms with E-state index in [-0.39, 0.29) is 0 Å². The Balaban J connectivity index is 2.10. The second-order valence-corrected chi connectivity index (χ2v) is 3.31. The number of aromatic nitrogens is 1. The van der Waals surface area contributed by atoms with Gasteiger partial charge >= 0.3 is 5.97 Å². The molecular weight excluding hydrogens is 218 g/mol. The number of pyridine rings is 1. The topological polar surface area (TPSA) is 56.3 Å². The molecule has 0 saturated carbocycles. The second-order valence-electron chi connectivity index (χ2n) is 3.31. The van der Waals surface area contributed by atoms with Gasteiger partial charge in [-0.3, -0.25) is 9.78 Å². The SMILES string of the molecule is O=Cc1ccc(OC(=O)c2ccncc2)cc1.